The van der Waals surface area contributed by atoms with E-state index in [0.29, 0.717) is 19.1 Å². The molecule has 1 heterocycles. The summed E-state index contributed by atoms with van der Waals surface area (Å²) in [5.74, 6) is -0.283. The van der Waals surface area contributed by atoms with Crippen LogP contribution in [0.25, 0.3) is 0 Å². The molecule has 0 spiro atoms. The van der Waals surface area contributed by atoms with Gasteiger partial charge in [0.05, 0.1) is 6.61 Å². The van der Waals surface area contributed by atoms with Gasteiger partial charge in [0, 0.05) is 12.6 Å². The molecule has 1 unspecified atom stereocenters. The van der Waals surface area contributed by atoms with Gasteiger partial charge < -0.3 is 20.3 Å². The molecule has 5 nitrogen and oxygen atoms in total. The molecule has 1 fully saturated rings. The highest BCUT2D eigenvalue weighted by Crippen LogP contribution is 2.14. The molecule has 0 bridgehead atoms. The second-order valence-corrected chi connectivity index (χ2v) is 5.16. The van der Waals surface area contributed by atoms with E-state index in [0.717, 1.165) is 19.6 Å². The molecule has 1 aliphatic heterocycles. The topological polar surface area (TPSA) is 58.8 Å². The Hall–Kier alpha value is -0.650. The predicted octanol–water partition coefficient (Wildman–Crippen LogP) is 0.293. The van der Waals surface area contributed by atoms with Crippen LogP contribution in [0.1, 0.15) is 26.2 Å². The number of nitrogens with zero attached hydrogens (tertiary/aromatic N) is 2. The van der Waals surface area contributed by atoms with Crippen LogP contribution in [0, 0.1) is 0 Å². The summed E-state index contributed by atoms with van der Waals surface area (Å²) < 4.78 is 4.91. The van der Waals surface area contributed by atoms with Gasteiger partial charge in [0.25, 0.3) is 0 Å². The molecule has 1 aliphatic rings. The van der Waals surface area contributed by atoms with Gasteiger partial charge in [-0.15, -0.1) is 0 Å². The van der Waals surface area contributed by atoms with Crippen LogP contribution >= 0.6 is 0 Å². The monoisotopic (exact) mass is 257 g/mol. The Morgan fingerprint density at radius 1 is 1.50 bits per heavy atom. The van der Waals surface area contributed by atoms with Crippen LogP contribution in [0.5, 0.6) is 0 Å². The summed E-state index contributed by atoms with van der Waals surface area (Å²) in [6.45, 7) is 5.36. The molecular formula is C13H27N3O2. The van der Waals surface area contributed by atoms with Crippen molar-refractivity contribution in [2.24, 2.45) is 5.73 Å². The summed E-state index contributed by atoms with van der Waals surface area (Å²) in [7, 11) is 4.28. The molecule has 106 valence electrons. The number of carbonyl (C=O) groups is 1. The van der Waals surface area contributed by atoms with E-state index in [9.17, 15) is 4.79 Å². The molecule has 0 aromatic rings. The Labute approximate surface area is 110 Å². The Kier molecular flexibility index (Phi) is 6.60. The highest BCUT2D eigenvalue weighted by molar-refractivity contribution is 5.75. The van der Waals surface area contributed by atoms with Gasteiger partial charge in [-0.3, -0.25) is 4.79 Å². The minimum atomic E-state index is -0.487. The van der Waals surface area contributed by atoms with Crippen molar-refractivity contribution < 1.29 is 9.53 Å². The third kappa shape index (κ3) is 4.92. The van der Waals surface area contributed by atoms with Crippen LogP contribution in [0.2, 0.25) is 0 Å². The smallest absolute Gasteiger partial charge is 0.322 e. The van der Waals surface area contributed by atoms with Gasteiger partial charge in [-0.1, -0.05) is 0 Å². The second-order valence-electron chi connectivity index (χ2n) is 5.16. The maximum absolute atomic E-state index is 11.4. The molecule has 0 aliphatic carbocycles. The summed E-state index contributed by atoms with van der Waals surface area (Å²) in [6, 6.07) is 0.134. The lowest BCUT2D eigenvalue weighted by Crippen LogP contribution is -2.44. The third-order valence-corrected chi connectivity index (χ3v) is 3.69. The molecule has 18 heavy (non-hydrogen) atoms. The molecule has 0 aromatic heterocycles. The fourth-order valence-corrected chi connectivity index (χ4v) is 2.33. The average Bonchev–Trinajstić information content (AvgIpc) is 2.36. The molecule has 0 radical (unpaired) electrons. The van der Waals surface area contributed by atoms with E-state index in [2.05, 4.69) is 23.9 Å². The van der Waals surface area contributed by atoms with E-state index in [1.165, 1.54) is 12.8 Å². The Morgan fingerprint density at radius 2 is 2.11 bits per heavy atom. The molecule has 1 saturated heterocycles. The van der Waals surface area contributed by atoms with E-state index in [-0.39, 0.29) is 5.97 Å². The standard InChI is InChI=1S/C13H27N3O2/c1-4-18-13(17)12(14)7-10-16(3)11-5-8-15(2)9-6-11/h11-12H,4-10,14H2,1-3H3. The number of likely N-dealkylation sites (tertiary alicyclic amines) is 1. The highest BCUT2D eigenvalue weighted by Gasteiger charge is 2.22. The summed E-state index contributed by atoms with van der Waals surface area (Å²) in [5, 5.41) is 0. The summed E-state index contributed by atoms with van der Waals surface area (Å²) in [6.07, 6.45) is 3.06. The second kappa shape index (κ2) is 7.71. The summed E-state index contributed by atoms with van der Waals surface area (Å²) >= 11 is 0. The normalized spacial score (nSPS) is 20.1. The first kappa shape index (κ1) is 15.4. The van der Waals surface area contributed by atoms with Crippen LogP contribution in [0.15, 0.2) is 0 Å². The SMILES string of the molecule is CCOC(=O)C(N)CCN(C)C1CCN(C)CC1. The quantitative estimate of drug-likeness (QED) is 0.693. The number of piperidine rings is 1. The van der Waals surface area contributed by atoms with Gasteiger partial charge in [-0.05, 0) is 53.4 Å². The minimum Gasteiger partial charge on any atom is -0.465 e. The number of hydrogen-bond acceptors (Lipinski definition) is 5. The number of rotatable bonds is 6. The van der Waals surface area contributed by atoms with Crippen LogP contribution < -0.4 is 5.73 Å². The van der Waals surface area contributed by atoms with Crippen LogP contribution in [0.3, 0.4) is 0 Å². The number of ether oxygens (including phenoxy) is 1. The van der Waals surface area contributed by atoms with Crippen molar-refractivity contribution >= 4 is 5.97 Å². The zero-order valence-electron chi connectivity index (χ0n) is 11.9. The first-order chi connectivity index (χ1) is 8.54. The number of esters is 1. The molecule has 1 rings (SSSR count). The van der Waals surface area contributed by atoms with Gasteiger partial charge >= 0.3 is 5.97 Å². The first-order valence-electron chi connectivity index (χ1n) is 6.85. The number of nitrogens with two attached hydrogens (primary N) is 1. The zero-order valence-corrected chi connectivity index (χ0v) is 11.9. The first-order valence-corrected chi connectivity index (χ1v) is 6.85. The molecule has 2 N–H and O–H groups in total. The third-order valence-electron chi connectivity index (χ3n) is 3.69. The van der Waals surface area contributed by atoms with Crippen molar-refractivity contribution in [1.29, 1.82) is 0 Å². The van der Waals surface area contributed by atoms with Crippen molar-refractivity contribution in [3.8, 4) is 0 Å². The Bertz CT molecular complexity index is 253. The average molecular weight is 257 g/mol. The molecule has 0 aromatic carbocycles. The van der Waals surface area contributed by atoms with E-state index in [1.54, 1.807) is 6.92 Å². The molecule has 1 atom stereocenters. The van der Waals surface area contributed by atoms with Crippen molar-refractivity contribution in [1.82, 2.24) is 9.80 Å². The largest absolute Gasteiger partial charge is 0.465 e. The lowest BCUT2D eigenvalue weighted by Gasteiger charge is -2.35. The van der Waals surface area contributed by atoms with Gasteiger partial charge in [0.15, 0.2) is 0 Å². The lowest BCUT2D eigenvalue weighted by atomic mass is 10.0. The number of hydrogen-bond donors (Lipinski definition) is 1. The van der Waals surface area contributed by atoms with Crippen molar-refractivity contribution in [3.05, 3.63) is 0 Å². The van der Waals surface area contributed by atoms with Gasteiger partial charge in [0.2, 0.25) is 0 Å². The van der Waals surface area contributed by atoms with Crippen LogP contribution in [-0.2, 0) is 9.53 Å². The van der Waals surface area contributed by atoms with Crippen LogP contribution in [-0.4, -0.2) is 68.2 Å². The predicted molar refractivity (Wildman–Crippen MR) is 72.4 cm³/mol. The highest BCUT2D eigenvalue weighted by atomic mass is 16.5. The minimum absolute atomic E-state index is 0.283. The van der Waals surface area contributed by atoms with Crippen molar-refractivity contribution in [3.63, 3.8) is 0 Å². The Balaban J connectivity index is 2.23. The molecular weight excluding hydrogens is 230 g/mol. The van der Waals surface area contributed by atoms with E-state index >= 15 is 0 Å². The summed E-state index contributed by atoms with van der Waals surface area (Å²) in [4.78, 5) is 16.1. The van der Waals surface area contributed by atoms with E-state index in [1.807, 2.05) is 0 Å². The van der Waals surface area contributed by atoms with Gasteiger partial charge in [-0.2, -0.15) is 0 Å². The number of carbonyl (C=O) groups excluding carboxylic acids is 1. The lowest BCUT2D eigenvalue weighted by molar-refractivity contribution is -0.144. The Morgan fingerprint density at radius 3 is 2.67 bits per heavy atom. The molecule has 0 amide bonds. The van der Waals surface area contributed by atoms with Gasteiger partial charge in [0.1, 0.15) is 6.04 Å². The molecule has 5 heteroatoms. The van der Waals surface area contributed by atoms with Crippen molar-refractivity contribution in [2.45, 2.75) is 38.3 Å². The fourth-order valence-electron chi connectivity index (χ4n) is 2.33. The van der Waals surface area contributed by atoms with E-state index < -0.39 is 6.04 Å². The summed E-state index contributed by atoms with van der Waals surface area (Å²) in [5.41, 5.74) is 5.79. The van der Waals surface area contributed by atoms with E-state index in [4.69, 9.17) is 10.5 Å². The van der Waals surface area contributed by atoms with Gasteiger partial charge in [-0.25, -0.2) is 0 Å². The molecule has 0 saturated carbocycles. The van der Waals surface area contributed by atoms with Crippen LogP contribution in [0.4, 0.5) is 0 Å². The van der Waals surface area contributed by atoms with Crippen molar-refractivity contribution in [2.75, 3.05) is 40.3 Å². The maximum Gasteiger partial charge on any atom is 0.322 e. The zero-order chi connectivity index (χ0) is 13.5. The fraction of sp³-hybridized carbons (Fsp3) is 0.923. The maximum atomic E-state index is 11.4.